The van der Waals surface area contributed by atoms with Gasteiger partial charge in [0.05, 0.1) is 17.9 Å². The normalized spacial score (nSPS) is 10.9. The summed E-state index contributed by atoms with van der Waals surface area (Å²) in [5.74, 6) is 0.571. The molecule has 0 aliphatic rings. The first kappa shape index (κ1) is 18.2. The Morgan fingerprint density at radius 2 is 1.92 bits per heavy atom. The monoisotopic (exact) mass is 368 g/mol. The lowest BCUT2D eigenvalue weighted by Crippen LogP contribution is -2.30. The first-order valence-electron chi connectivity index (χ1n) is 8.36. The smallest absolute Gasteiger partial charge is 0.239 e. The van der Waals surface area contributed by atoms with Gasteiger partial charge in [0.15, 0.2) is 0 Å². The third-order valence-electron chi connectivity index (χ3n) is 3.85. The third-order valence-corrected chi connectivity index (χ3v) is 4.09. The lowest BCUT2D eigenvalue weighted by Gasteiger charge is -2.17. The van der Waals surface area contributed by atoms with E-state index in [1.165, 1.54) is 0 Å². The number of carbonyl (C=O) groups excluding carboxylic acids is 1. The van der Waals surface area contributed by atoms with Gasteiger partial charge in [0.2, 0.25) is 5.91 Å². The summed E-state index contributed by atoms with van der Waals surface area (Å²) in [5, 5.41) is 8.11. The van der Waals surface area contributed by atoms with Gasteiger partial charge in [-0.2, -0.15) is 5.10 Å². The van der Waals surface area contributed by atoms with E-state index in [4.69, 9.17) is 11.6 Å². The van der Waals surface area contributed by atoms with E-state index in [-0.39, 0.29) is 12.5 Å². The van der Waals surface area contributed by atoms with Gasteiger partial charge in [-0.05, 0) is 43.8 Å². The number of aryl methyl sites for hydroxylation is 1. The first-order valence-corrected chi connectivity index (χ1v) is 8.74. The zero-order valence-electron chi connectivity index (χ0n) is 14.8. The number of benzene rings is 2. The van der Waals surface area contributed by atoms with Crippen molar-refractivity contribution in [2.24, 2.45) is 0 Å². The van der Waals surface area contributed by atoms with Crippen molar-refractivity contribution >= 4 is 23.3 Å². The molecule has 3 aromatic rings. The van der Waals surface area contributed by atoms with E-state index in [9.17, 15) is 4.79 Å². The molecule has 0 unspecified atom stereocenters. The van der Waals surface area contributed by atoms with Crippen LogP contribution in [0, 0.1) is 6.92 Å². The molecule has 1 N–H and O–H groups in total. The van der Waals surface area contributed by atoms with E-state index >= 15 is 0 Å². The molecule has 2 aromatic carbocycles. The fourth-order valence-corrected chi connectivity index (χ4v) is 3.00. The largest absolute Gasteiger partial charge is 0.309 e. The van der Waals surface area contributed by atoms with Crippen LogP contribution in [-0.2, 0) is 11.3 Å². The molecule has 0 saturated carbocycles. The number of amides is 1. The summed E-state index contributed by atoms with van der Waals surface area (Å²) in [7, 11) is 1.90. The van der Waals surface area contributed by atoms with Gasteiger partial charge in [0.1, 0.15) is 5.82 Å². The molecule has 134 valence electrons. The lowest BCUT2D eigenvalue weighted by atomic mass is 10.2. The number of likely N-dealkylation sites (N-methyl/N-ethyl adjacent to an activating group) is 1. The van der Waals surface area contributed by atoms with Gasteiger partial charge < -0.3 is 5.32 Å². The second-order valence-electron chi connectivity index (χ2n) is 6.27. The van der Waals surface area contributed by atoms with Crippen LogP contribution in [0.4, 0.5) is 5.82 Å². The molecular formula is C20H21ClN4O. The highest BCUT2D eigenvalue weighted by molar-refractivity contribution is 6.30. The average molecular weight is 369 g/mol. The Labute approximate surface area is 158 Å². The molecule has 0 fully saturated rings. The van der Waals surface area contributed by atoms with Gasteiger partial charge >= 0.3 is 0 Å². The van der Waals surface area contributed by atoms with Crippen molar-refractivity contribution in [1.29, 1.82) is 0 Å². The summed E-state index contributed by atoms with van der Waals surface area (Å²) < 4.78 is 1.74. The van der Waals surface area contributed by atoms with Crippen LogP contribution in [0.5, 0.6) is 0 Å². The van der Waals surface area contributed by atoms with Crippen LogP contribution in [0.2, 0.25) is 5.02 Å². The molecule has 26 heavy (non-hydrogen) atoms. The van der Waals surface area contributed by atoms with E-state index in [2.05, 4.69) is 10.4 Å². The summed E-state index contributed by atoms with van der Waals surface area (Å²) in [6, 6.07) is 19.2. The van der Waals surface area contributed by atoms with Crippen LogP contribution in [0.1, 0.15) is 11.3 Å². The molecule has 6 heteroatoms. The van der Waals surface area contributed by atoms with E-state index in [1.54, 1.807) is 4.68 Å². The fraction of sp³-hybridized carbons (Fsp3) is 0.200. The lowest BCUT2D eigenvalue weighted by molar-refractivity contribution is -0.117. The third kappa shape index (κ3) is 4.71. The number of hydrogen-bond donors (Lipinski definition) is 1. The van der Waals surface area contributed by atoms with Crippen molar-refractivity contribution in [3.63, 3.8) is 0 Å². The Hall–Kier alpha value is -2.63. The van der Waals surface area contributed by atoms with E-state index in [0.717, 1.165) is 16.9 Å². The van der Waals surface area contributed by atoms with Gasteiger partial charge in [-0.1, -0.05) is 41.9 Å². The second kappa shape index (κ2) is 8.17. The number of hydrogen-bond acceptors (Lipinski definition) is 3. The maximum Gasteiger partial charge on any atom is 0.239 e. The van der Waals surface area contributed by atoms with Crippen LogP contribution in [0.15, 0.2) is 60.7 Å². The zero-order chi connectivity index (χ0) is 18.5. The number of nitrogens with one attached hydrogen (secondary N) is 1. The molecule has 1 heterocycles. The Balaban J connectivity index is 1.65. The minimum Gasteiger partial charge on any atom is -0.309 e. The number of para-hydroxylation sites is 1. The number of halogens is 1. The van der Waals surface area contributed by atoms with Gasteiger partial charge in [0, 0.05) is 17.6 Å². The molecule has 0 saturated heterocycles. The van der Waals surface area contributed by atoms with Crippen LogP contribution in [0.3, 0.4) is 0 Å². The second-order valence-corrected chi connectivity index (χ2v) is 6.71. The van der Waals surface area contributed by atoms with E-state index in [1.807, 2.05) is 79.5 Å². The topological polar surface area (TPSA) is 50.2 Å². The summed E-state index contributed by atoms with van der Waals surface area (Å²) >= 11 is 6.01. The van der Waals surface area contributed by atoms with Crippen molar-refractivity contribution < 1.29 is 4.79 Å². The number of rotatable bonds is 6. The van der Waals surface area contributed by atoms with E-state index < -0.39 is 0 Å². The van der Waals surface area contributed by atoms with Gasteiger partial charge in [-0.15, -0.1) is 0 Å². The number of nitrogens with zero attached hydrogens (tertiary/aromatic N) is 3. The first-order chi connectivity index (χ1) is 12.5. The van der Waals surface area contributed by atoms with Crippen LogP contribution >= 0.6 is 11.6 Å². The Morgan fingerprint density at radius 1 is 1.15 bits per heavy atom. The average Bonchev–Trinajstić information content (AvgIpc) is 2.95. The summed E-state index contributed by atoms with van der Waals surface area (Å²) in [6.45, 7) is 2.82. The van der Waals surface area contributed by atoms with Gasteiger partial charge in [-0.25, -0.2) is 4.68 Å². The number of anilines is 1. The van der Waals surface area contributed by atoms with Crippen LogP contribution < -0.4 is 5.32 Å². The molecule has 3 rings (SSSR count). The molecule has 0 radical (unpaired) electrons. The SMILES string of the molecule is Cc1cc(NC(=O)CN(C)Cc2cccc(Cl)c2)n(-c2ccccc2)n1. The molecule has 0 atom stereocenters. The van der Waals surface area contributed by atoms with Gasteiger partial charge in [-0.3, -0.25) is 9.69 Å². The highest BCUT2D eigenvalue weighted by atomic mass is 35.5. The zero-order valence-corrected chi connectivity index (χ0v) is 15.6. The molecule has 1 aromatic heterocycles. The number of aromatic nitrogens is 2. The predicted molar refractivity (Wildman–Crippen MR) is 105 cm³/mol. The maximum atomic E-state index is 12.5. The van der Waals surface area contributed by atoms with Crippen molar-refractivity contribution in [2.45, 2.75) is 13.5 Å². The minimum atomic E-state index is -0.0911. The molecule has 1 amide bonds. The van der Waals surface area contributed by atoms with Crippen LogP contribution in [-0.4, -0.2) is 34.2 Å². The van der Waals surface area contributed by atoms with Crippen molar-refractivity contribution in [2.75, 3.05) is 18.9 Å². The Kier molecular flexibility index (Phi) is 5.71. The predicted octanol–water partition coefficient (Wildman–Crippen LogP) is 3.90. The van der Waals surface area contributed by atoms with Crippen molar-refractivity contribution in [3.05, 3.63) is 76.9 Å². The molecule has 0 bridgehead atoms. The van der Waals surface area contributed by atoms with E-state index in [0.29, 0.717) is 17.4 Å². The molecule has 0 aliphatic carbocycles. The minimum absolute atomic E-state index is 0.0911. The molecule has 5 nitrogen and oxygen atoms in total. The highest BCUT2D eigenvalue weighted by Gasteiger charge is 2.13. The molecule has 0 spiro atoms. The van der Waals surface area contributed by atoms with Crippen molar-refractivity contribution in [3.8, 4) is 5.69 Å². The Morgan fingerprint density at radius 3 is 2.65 bits per heavy atom. The molecular weight excluding hydrogens is 348 g/mol. The summed E-state index contributed by atoms with van der Waals surface area (Å²) in [5.41, 5.74) is 2.82. The maximum absolute atomic E-state index is 12.5. The Bertz CT molecular complexity index is 892. The quantitative estimate of drug-likeness (QED) is 0.717. The standard InChI is InChI=1S/C20H21ClN4O/c1-15-11-19(25(23-15)18-9-4-3-5-10-18)22-20(26)14-24(2)13-16-7-6-8-17(21)12-16/h3-12H,13-14H2,1-2H3,(H,22,26). The highest BCUT2D eigenvalue weighted by Crippen LogP contribution is 2.17. The summed E-state index contributed by atoms with van der Waals surface area (Å²) in [4.78, 5) is 14.4. The van der Waals surface area contributed by atoms with Gasteiger partial charge in [0.25, 0.3) is 0 Å². The fourth-order valence-electron chi connectivity index (χ4n) is 2.78. The number of carbonyl (C=O) groups is 1. The van der Waals surface area contributed by atoms with Crippen molar-refractivity contribution in [1.82, 2.24) is 14.7 Å². The van der Waals surface area contributed by atoms with Crippen LogP contribution in [0.25, 0.3) is 5.69 Å². The summed E-state index contributed by atoms with van der Waals surface area (Å²) in [6.07, 6.45) is 0. The molecule has 0 aliphatic heterocycles.